The summed E-state index contributed by atoms with van der Waals surface area (Å²) >= 11 is 6.13. The SMILES string of the molecule is O=C(COc1cc(C(F)(F)F)ccc1-c1cc(=O)c2cccc(Cl)c2o1)N1CCOCC1. The van der Waals surface area contributed by atoms with Crippen LogP contribution in [0.3, 0.4) is 0 Å². The number of hydrogen-bond acceptors (Lipinski definition) is 5. The Balaban J connectivity index is 1.73. The molecule has 0 aliphatic carbocycles. The number of carbonyl (C=O) groups is 1. The van der Waals surface area contributed by atoms with E-state index in [0.29, 0.717) is 26.3 Å². The number of ether oxygens (including phenoxy) is 2. The second kappa shape index (κ2) is 8.84. The molecule has 10 heteroatoms. The third kappa shape index (κ3) is 4.58. The Labute approximate surface area is 185 Å². The van der Waals surface area contributed by atoms with Crippen LogP contribution in [0.1, 0.15) is 5.56 Å². The molecular formula is C22H17ClF3NO5. The Morgan fingerprint density at radius 3 is 2.59 bits per heavy atom. The third-order valence-electron chi connectivity index (χ3n) is 5.00. The van der Waals surface area contributed by atoms with E-state index in [9.17, 15) is 22.8 Å². The van der Waals surface area contributed by atoms with Crippen LogP contribution < -0.4 is 10.2 Å². The van der Waals surface area contributed by atoms with E-state index in [1.165, 1.54) is 17.0 Å². The van der Waals surface area contributed by atoms with Crippen LogP contribution >= 0.6 is 11.6 Å². The highest BCUT2D eigenvalue weighted by Crippen LogP contribution is 2.38. The van der Waals surface area contributed by atoms with Gasteiger partial charge in [0, 0.05) is 19.2 Å². The van der Waals surface area contributed by atoms with E-state index in [1.54, 1.807) is 6.07 Å². The van der Waals surface area contributed by atoms with E-state index in [4.69, 9.17) is 25.5 Å². The van der Waals surface area contributed by atoms with E-state index < -0.39 is 23.8 Å². The van der Waals surface area contributed by atoms with Gasteiger partial charge in [-0.25, -0.2) is 0 Å². The van der Waals surface area contributed by atoms with Gasteiger partial charge in [-0.15, -0.1) is 0 Å². The molecule has 1 aliphatic heterocycles. The van der Waals surface area contributed by atoms with Crippen LogP contribution in [0.2, 0.25) is 5.02 Å². The zero-order valence-electron chi connectivity index (χ0n) is 16.6. The normalized spacial score (nSPS) is 14.6. The monoisotopic (exact) mass is 467 g/mol. The Bertz CT molecular complexity index is 1220. The summed E-state index contributed by atoms with van der Waals surface area (Å²) in [6, 6.07) is 8.56. The molecule has 1 fully saturated rings. The van der Waals surface area contributed by atoms with E-state index >= 15 is 0 Å². The minimum absolute atomic E-state index is 0.0295. The Morgan fingerprint density at radius 1 is 1.12 bits per heavy atom. The maximum absolute atomic E-state index is 13.3. The van der Waals surface area contributed by atoms with Crippen molar-refractivity contribution in [2.75, 3.05) is 32.9 Å². The van der Waals surface area contributed by atoms with Crippen molar-refractivity contribution in [3.63, 3.8) is 0 Å². The van der Waals surface area contributed by atoms with Crippen LogP contribution in [0.15, 0.2) is 51.7 Å². The Morgan fingerprint density at radius 2 is 1.88 bits per heavy atom. The first-order valence-electron chi connectivity index (χ1n) is 9.66. The fourth-order valence-electron chi connectivity index (χ4n) is 3.34. The number of halogens is 4. The Kier molecular flexibility index (Phi) is 6.12. The van der Waals surface area contributed by atoms with E-state index in [1.807, 2.05) is 0 Å². The number of carbonyl (C=O) groups excluding carboxylic acids is 1. The molecule has 32 heavy (non-hydrogen) atoms. The first kappa shape index (κ1) is 22.2. The van der Waals surface area contributed by atoms with Crippen molar-refractivity contribution in [1.82, 2.24) is 4.90 Å². The summed E-state index contributed by atoms with van der Waals surface area (Å²) in [5, 5.41) is 0.413. The largest absolute Gasteiger partial charge is 0.483 e. The minimum Gasteiger partial charge on any atom is -0.483 e. The second-order valence-corrected chi connectivity index (χ2v) is 7.49. The van der Waals surface area contributed by atoms with Crippen LogP contribution in [0.5, 0.6) is 5.75 Å². The van der Waals surface area contributed by atoms with Crippen molar-refractivity contribution in [1.29, 1.82) is 0 Å². The number of para-hydroxylation sites is 1. The van der Waals surface area contributed by atoms with Gasteiger partial charge in [-0.05, 0) is 30.3 Å². The van der Waals surface area contributed by atoms with Gasteiger partial charge < -0.3 is 18.8 Å². The number of fused-ring (bicyclic) bond motifs is 1. The van der Waals surface area contributed by atoms with Crippen LogP contribution in [0, 0.1) is 0 Å². The molecule has 168 valence electrons. The summed E-state index contributed by atoms with van der Waals surface area (Å²) in [5.41, 5.74) is -1.19. The fraction of sp³-hybridized carbons (Fsp3) is 0.273. The van der Waals surface area contributed by atoms with Crippen molar-refractivity contribution in [2.45, 2.75) is 6.18 Å². The van der Waals surface area contributed by atoms with Gasteiger partial charge in [0.1, 0.15) is 11.5 Å². The van der Waals surface area contributed by atoms with Crippen molar-refractivity contribution in [2.24, 2.45) is 0 Å². The van der Waals surface area contributed by atoms with Crippen LogP contribution in [-0.4, -0.2) is 43.7 Å². The molecule has 2 heterocycles. The molecule has 0 spiro atoms. The zero-order valence-corrected chi connectivity index (χ0v) is 17.3. The van der Waals surface area contributed by atoms with Gasteiger partial charge in [-0.3, -0.25) is 9.59 Å². The van der Waals surface area contributed by atoms with Gasteiger partial charge in [-0.2, -0.15) is 13.2 Å². The second-order valence-electron chi connectivity index (χ2n) is 7.08. The molecule has 1 saturated heterocycles. The molecule has 0 saturated carbocycles. The van der Waals surface area contributed by atoms with Gasteiger partial charge in [0.05, 0.1) is 34.7 Å². The van der Waals surface area contributed by atoms with Crippen molar-refractivity contribution < 1.29 is 31.9 Å². The molecule has 0 bridgehead atoms. The molecule has 0 radical (unpaired) electrons. The van der Waals surface area contributed by atoms with Crippen LogP contribution in [-0.2, 0) is 15.7 Å². The lowest BCUT2D eigenvalue weighted by Crippen LogP contribution is -2.43. The van der Waals surface area contributed by atoms with Crippen molar-refractivity contribution in [3.05, 3.63) is 63.3 Å². The van der Waals surface area contributed by atoms with Gasteiger partial charge >= 0.3 is 6.18 Å². The number of morpholine rings is 1. The zero-order chi connectivity index (χ0) is 22.9. The number of amides is 1. The average Bonchev–Trinajstić information content (AvgIpc) is 2.78. The van der Waals surface area contributed by atoms with E-state index in [0.717, 1.165) is 24.3 Å². The molecular weight excluding hydrogens is 451 g/mol. The summed E-state index contributed by atoms with van der Waals surface area (Å²) < 4.78 is 56.3. The Hall–Kier alpha value is -3.04. The number of benzene rings is 2. The summed E-state index contributed by atoms with van der Waals surface area (Å²) in [7, 11) is 0. The summed E-state index contributed by atoms with van der Waals surface area (Å²) in [5.74, 6) is -0.659. The maximum Gasteiger partial charge on any atom is 0.416 e. The number of nitrogens with zero attached hydrogens (tertiary/aromatic N) is 1. The number of alkyl halides is 3. The van der Waals surface area contributed by atoms with Gasteiger partial charge in [0.2, 0.25) is 0 Å². The lowest BCUT2D eigenvalue weighted by molar-refractivity contribution is -0.137. The fourth-order valence-corrected chi connectivity index (χ4v) is 3.55. The highest BCUT2D eigenvalue weighted by molar-refractivity contribution is 6.34. The van der Waals surface area contributed by atoms with Crippen molar-refractivity contribution >= 4 is 28.5 Å². The number of hydrogen-bond donors (Lipinski definition) is 0. The molecule has 6 nitrogen and oxygen atoms in total. The highest BCUT2D eigenvalue weighted by Gasteiger charge is 2.32. The minimum atomic E-state index is -4.63. The predicted molar refractivity (Wildman–Crippen MR) is 111 cm³/mol. The lowest BCUT2D eigenvalue weighted by atomic mass is 10.1. The molecule has 0 N–H and O–H groups in total. The van der Waals surface area contributed by atoms with Gasteiger partial charge in [0.25, 0.3) is 5.91 Å². The van der Waals surface area contributed by atoms with Crippen molar-refractivity contribution in [3.8, 4) is 17.1 Å². The summed E-state index contributed by atoms with van der Waals surface area (Å²) in [4.78, 5) is 26.4. The first-order valence-corrected chi connectivity index (χ1v) is 10.0. The summed E-state index contributed by atoms with van der Waals surface area (Å²) in [6.45, 7) is 1.02. The maximum atomic E-state index is 13.3. The first-order chi connectivity index (χ1) is 15.2. The molecule has 1 aromatic heterocycles. The van der Waals surface area contributed by atoms with Gasteiger partial charge in [0.15, 0.2) is 17.6 Å². The van der Waals surface area contributed by atoms with E-state index in [-0.39, 0.29) is 39.0 Å². The molecule has 4 rings (SSSR count). The lowest BCUT2D eigenvalue weighted by Gasteiger charge is -2.27. The molecule has 0 atom stereocenters. The predicted octanol–water partition coefficient (Wildman–Crippen LogP) is 4.37. The molecule has 0 unspecified atom stereocenters. The van der Waals surface area contributed by atoms with E-state index in [2.05, 4.69) is 0 Å². The number of rotatable bonds is 4. The molecule has 2 aromatic carbocycles. The smallest absolute Gasteiger partial charge is 0.416 e. The molecule has 1 amide bonds. The summed E-state index contributed by atoms with van der Waals surface area (Å²) in [6.07, 6.45) is -4.63. The quantitative estimate of drug-likeness (QED) is 0.570. The molecule has 1 aliphatic rings. The average molecular weight is 468 g/mol. The standard InChI is InChI=1S/C22H17ClF3NO5/c23-16-3-1-2-14-17(28)11-19(32-21(14)16)15-5-4-13(22(24,25)26)10-18(15)31-12-20(29)27-6-8-30-9-7-27/h1-5,10-11H,6-9,12H2. The van der Waals surface area contributed by atoms with Crippen LogP contribution in [0.25, 0.3) is 22.3 Å². The topological polar surface area (TPSA) is 69.0 Å². The molecule has 3 aromatic rings. The van der Waals surface area contributed by atoms with Crippen LogP contribution in [0.4, 0.5) is 13.2 Å². The highest BCUT2D eigenvalue weighted by atomic mass is 35.5. The van der Waals surface area contributed by atoms with Gasteiger partial charge in [-0.1, -0.05) is 17.7 Å². The third-order valence-corrected chi connectivity index (χ3v) is 5.29.